The number of alkyl halides is 5. The van der Waals surface area contributed by atoms with Gasteiger partial charge in [0.15, 0.2) is 17.9 Å². The van der Waals surface area contributed by atoms with Crippen molar-refractivity contribution in [2.45, 2.75) is 44.3 Å². The summed E-state index contributed by atoms with van der Waals surface area (Å²) in [5, 5.41) is 15.5. The molecule has 0 radical (unpaired) electrons. The van der Waals surface area contributed by atoms with Gasteiger partial charge in [-0.1, -0.05) is 6.07 Å². The highest BCUT2D eigenvalue weighted by Crippen LogP contribution is 2.35. The highest BCUT2D eigenvalue weighted by molar-refractivity contribution is 5.81. The third-order valence-electron chi connectivity index (χ3n) is 4.59. The number of nitrogens with zero attached hydrogens (tertiary/aromatic N) is 1. The lowest BCUT2D eigenvalue weighted by Gasteiger charge is -2.37. The number of carbonyl (C=O) groups is 1. The molecule has 1 aromatic rings. The van der Waals surface area contributed by atoms with Gasteiger partial charge >= 0.3 is 6.36 Å². The van der Waals surface area contributed by atoms with Gasteiger partial charge in [-0.3, -0.25) is 10.1 Å². The highest BCUT2D eigenvalue weighted by atomic mass is 19.4. The van der Waals surface area contributed by atoms with Crippen molar-refractivity contribution >= 4 is 5.91 Å². The summed E-state index contributed by atoms with van der Waals surface area (Å²) in [7, 11) is 0. The van der Waals surface area contributed by atoms with E-state index in [9.17, 15) is 36.2 Å². The van der Waals surface area contributed by atoms with Gasteiger partial charge in [0.1, 0.15) is 0 Å². The average molecular weight is 414 g/mol. The zero-order valence-electron chi connectivity index (χ0n) is 14.2. The number of carbonyl (C=O) groups excluding carboxylic acids is 1. The van der Waals surface area contributed by atoms with Crippen molar-refractivity contribution in [2.24, 2.45) is 5.92 Å². The Labute approximate surface area is 154 Å². The molecule has 4 N–H and O–H groups in total. The molecule has 156 valence electrons. The molecule has 0 bridgehead atoms. The Morgan fingerprint density at radius 2 is 1.96 bits per heavy atom. The van der Waals surface area contributed by atoms with E-state index in [4.69, 9.17) is 0 Å². The van der Waals surface area contributed by atoms with E-state index in [1.807, 2.05) is 0 Å². The normalized spacial score (nSPS) is 29.5. The zero-order chi connectivity index (χ0) is 20.8. The molecule has 2 aliphatic heterocycles. The van der Waals surface area contributed by atoms with Gasteiger partial charge in [0.05, 0.1) is 18.1 Å². The van der Waals surface area contributed by atoms with Gasteiger partial charge in [0, 0.05) is 6.04 Å². The van der Waals surface area contributed by atoms with E-state index < -0.39 is 60.8 Å². The number of hydrogen-bond donors (Lipinski definition) is 4. The minimum absolute atomic E-state index is 0.135. The lowest BCUT2D eigenvalue weighted by molar-refractivity contribution is -0.275. The van der Waals surface area contributed by atoms with Crippen molar-refractivity contribution in [3.05, 3.63) is 29.6 Å². The second-order valence-electron chi connectivity index (χ2n) is 6.36. The predicted molar refractivity (Wildman–Crippen MR) is 80.8 cm³/mol. The van der Waals surface area contributed by atoms with Crippen molar-refractivity contribution in [1.82, 2.24) is 21.1 Å². The number of hydrazine groups is 1. The van der Waals surface area contributed by atoms with Crippen LogP contribution in [0, 0.1) is 11.7 Å². The third kappa shape index (κ3) is 4.01. The van der Waals surface area contributed by atoms with Crippen LogP contribution in [0.2, 0.25) is 0 Å². The van der Waals surface area contributed by atoms with Crippen LogP contribution in [0.3, 0.4) is 0 Å². The Balaban J connectivity index is 1.86. The fraction of sp³-hybridized carbons (Fsp3) is 0.533. The molecule has 1 amide bonds. The largest absolute Gasteiger partial charge is 0.573 e. The van der Waals surface area contributed by atoms with Crippen LogP contribution in [0.1, 0.15) is 18.5 Å². The summed E-state index contributed by atoms with van der Waals surface area (Å²) in [5.41, 5.74) is 2.60. The zero-order valence-corrected chi connectivity index (χ0v) is 14.2. The van der Waals surface area contributed by atoms with Crippen LogP contribution in [-0.4, -0.2) is 47.4 Å². The summed E-state index contributed by atoms with van der Waals surface area (Å²) in [5.74, 6) is -4.39. The molecular weight excluding hydrogens is 398 g/mol. The standard InChI is InChI=1S/C15H16F6N4O3/c1-5(6-2-3-8(7(16)4-6)28-15(19,20)21)25-12-9(10(24-25)11(17)18)13(26)23-14(27)22-12/h2-5,9-12,14,22,24,27H,1H3,(H,23,26). The number of aliphatic hydroxyl groups is 1. The van der Waals surface area contributed by atoms with E-state index in [0.29, 0.717) is 0 Å². The third-order valence-corrected chi connectivity index (χ3v) is 4.59. The number of benzene rings is 1. The van der Waals surface area contributed by atoms with Crippen LogP contribution >= 0.6 is 0 Å². The predicted octanol–water partition coefficient (Wildman–Crippen LogP) is 1.18. The Kier molecular flexibility index (Phi) is 5.44. The van der Waals surface area contributed by atoms with Gasteiger partial charge in [-0.15, -0.1) is 13.2 Å². The Hall–Kier alpha value is -2.09. The van der Waals surface area contributed by atoms with E-state index >= 15 is 0 Å². The summed E-state index contributed by atoms with van der Waals surface area (Å²) in [6.07, 6.45) is -10.5. The fourth-order valence-electron chi connectivity index (χ4n) is 3.34. The average Bonchev–Trinajstić information content (AvgIpc) is 2.94. The van der Waals surface area contributed by atoms with Gasteiger partial charge in [0.2, 0.25) is 5.91 Å². The molecule has 5 unspecified atom stereocenters. The molecule has 2 saturated heterocycles. The summed E-state index contributed by atoms with van der Waals surface area (Å²) in [6.45, 7) is 1.47. The number of rotatable bonds is 4. The van der Waals surface area contributed by atoms with Crippen LogP contribution in [0.4, 0.5) is 26.3 Å². The summed E-state index contributed by atoms with van der Waals surface area (Å²) < 4.78 is 81.0. The monoisotopic (exact) mass is 414 g/mol. The van der Waals surface area contributed by atoms with Gasteiger partial charge < -0.3 is 15.2 Å². The van der Waals surface area contributed by atoms with Crippen LogP contribution in [0.25, 0.3) is 0 Å². The van der Waals surface area contributed by atoms with E-state index in [2.05, 4.69) is 20.8 Å². The maximum atomic E-state index is 14.0. The summed E-state index contributed by atoms with van der Waals surface area (Å²) in [4.78, 5) is 12.0. The van der Waals surface area contributed by atoms with Gasteiger partial charge in [-0.2, -0.15) is 0 Å². The first kappa shape index (κ1) is 20.6. The quantitative estimate of drug-likeness (QED) is 0.554. The molecule has 3 rings (SSSR count). The molecule has 2 fully saturated rings. The molecule has 0 aromatic heterocycles. The van der Waals surface area contributed by atoms with Crippen molar-refractivity contribution in [2.75, 3.05) is 0 Å². The number of aliphatic hydroxyl groups excluding tert-OH is 1. The molecule has 0 aliphatic carbocycles. The molecule has 2 heterocycles. The smallest absolute Gasteiger partial charge is 0.403 e. The van der Waals surface area contributed by atoms with Crippen molar-refractivity contribution in [1.29, 1.82) is 0 Å². The SMILES string of the molecule is CC(c1ccc(OC(F)(F)F)c(F)c1)N1NC(C(F)F)C2C(=O)NC(O)NC21. The number of ether oxygens (including phenoxy) is 1. The lowest BCUT2D eigenvalue weighted by Crippen LogP contribution is -2.64. The highest BCUT2D eigenvalue weighted by Gasteiger charge is 2.53. The molecule has 0 spiro atoms. The minimum atomic E-state index is -5.07. The van der Waals surface area contributed by atoms with E-state index in [-0.39, 0.29) is 5.56 Å². The Morgan fingerprint density at radius 1 is 1.29 bits per heavy atom. The molecule has 13 heteroatoms. The molecule has 7 nitrogen and oxygen atoms in total. The second kappa shape index (κ2) is 7.39. The van der Waals surface area contributed by atoms with Crippen LogP contribution in [-0.2, 0) is 4.79 Å². The molecule has 28 heavy (non-hydrogen) atoms. The molecule has 0 saturated carbocycles. The number of amides is 1. The molecular formula is C15H16F6N4O3. The first-order valence-electron chi connectivity index (χ1n) is 8.10. The fourth-order valence-corrected chi connectivity index (χ4v) is 3.34. The number of halogens is 6. The first-order chi connectivity index (χ1) is 13.0. The number of fused-ring (bicyclic) bond motifs is 1. The van der Waals surface area contributed by atoms with Crippen LogP contribution in [0.5, 0.6) is 5.75 Å². The van der Waals surface area contributed by atoms with Gasteiger partial charge in [-0.05, 0) is 24.6 Å². The maximum absolute atomic E-state index is 14.0. The second-order valence-corrected chi connectivity index (χ2v) is 6.36. The number of hydrogen-bond acceptors (Lipinski definition) is 6. The Morgan fingerprint density at radius 3 is 2.54 bits per heavy atom. The van der Waals surface area contributed by atoms with E-state index in [1.54, 1.807) is 0 Å². The van der Waals surface area contributed by atoms with Crippen LogP contribution in [0.15, 0.2) is 18.2 Å². The van der Waals surface area contributed by atoms with Gasteiger partial charge in [0.25, 0.3) is 6.43 Å². The minimum Gasteiger partial charge on any atom is -0.403 e. The van der Waals surface area contributed by atoms with Gasteiger partial charge in [-0.25, -0.2) is 23.6 Å². The summed E-state index contributed by atoms with van der Waals surface area (Å²) in [6, 6.07) is 0.252. The Bertz CT molecular complexity index is 749. The topological polar surface area (TPSA) is 85.9 Å². The molecule has 1 aromatic carbocycles. The van der Waals surface area contributed by atoms with E-state index in [0.717, 1.165) is 18.2 Å². The lowest BCUT2D eigenvalue weighted by atomic mass is 9.95. The van der Waals surface area contributed by atoms with Crippen LogP contribution < -0.4 is 20.8 Å². The van der Waals surface area contributed by atoms with E-state index in [1.165, 1.54) is 11.9 Å². The summed E-state index contributed by atoms with van der Waals surface area (Å²) >= 11 is 0. The maximum Gasteiger partial charge on any atom is 0.573 e. The van der Waals surface area contributed by atoms with Crippen molar-refractivity contribution in [3.8, 4) is 5.75 Å². The van der Waals surface area contributed by atoms with Crippen molar-refractivity contribution < 1.29 is 41.0 Å². The van der Waals surface area contributed by atoms with Crippen molar-refractivity contribution in [3.63, 3.8) is 0 Å². The molecule has 2 aliphatic rings. The first-order valence-corrected chi connectivity index (χ1v) is 8.10. The number of nitrogens with one attached hydrogen (secondary N) is 3. The molecule has 5 atom stereocenters.